The Balaban J connectivity index is 1.94. The molecule has 0 radical (unpaired) electrons. The summed E-state index contributed by atoms with van der Waals surface area (Å²) in [5.41, 5.74) is 1.00. The molecule has 2 nitrogen and oxygen atoms in total. The molecule has 0 amide bonds. The summed E-state index contributed by atoms with van der Waals surface area (Å²) in [7, 11) is 0. The van der Waals surface area contributed by atoms with Crippen molar-refractivity contribution in [3.63, 3.8) is 0 Å². The molecule has 1 heterocycles. The van der Waals surface area contributed by atoms with Crippen LogP contribution < -0.4 is 4.74 Å². The Morgan fingerprint density at radius 3 is 2.69 bits per heavy atom. The summed E-state index contributed by atoms with van der Waals surface area (Å²) in [6.45, 7) is 2.65. The first-order valence-electron chi connectivity index (χ1n) is 5.09. The van der Waals surface area contributed by atoms with Crippen LogP contribution in [0.1, 0.15) is 17.6 Å². The molecule has 0 saturated heterocycles. The number of thiazole rings is 1. The minimum absolute atomic E-state index is 0.540. The van der Waals surface area contributed by atoms with Crippen LogP contribution in [-0.4, -0.2) is 4.98 Å². The van der Waals surface area contributed by atoms with E-state index in [0.29, 0.717) is 6.61 Å². The molecule has 1 aromatic carbocycles. The molecule has 84 valence electrons. The highest BCUT2D eigenvalue weighted by atomic mass is 79.9. The van der Waals surface area contributed by atoms with E-state index in [1.807, 2.05) is 24.3 Å². The molecule has 0 atom stereocenters. The Bertz CT molecular complexity index is 452. The average molecular weight is 298 g/mol. The molecule has 0 unspecified atom stereocenters. The second-order valence-corrected chi connectivity index (χ2v) is 5.19. The van der Waals surface area contributed by atoms with Gasteiger partial charge in [-0.05, 0) is 30.7 Å². The monoisotopic (exact) mass is 297 g/mol. The second kappa shape index (κ2) is 5.46. The maximum atomic E-state index is 5.63. The van der Waals surface area contributed by atoms with Crippen molar-refractivity contribution in [3.8, 4) is 5.75 Å². The van der Waals surface area contributed by atoms with E-state index in [0.717, 1.165) is 27.3 Å². The molecule has 1 aromatic heterocycles. The molecule has 0 N–H and O–H groups in total. The zero-order valence-electron chi connectivity index (χ0n) is 8.94. The van der Waals surface area contributed by atoms with Gasteiger partial charge in [-0.15, -0.1) is 11.3 Å². The Kier molecular flexibility index (Phi) is 3.96. The zero-order chi connectivity index (χ0) is 11.4. The van der Waals surface area contributed by atoms with Gasteiger partial charge in [-0.25, -0.2) is 4.98 Å². The molecule has 4 heteroatoms. The highest BCUT2D eigenvalue weighted by molar-refractivity contribution is 9.10. The summed E-state index contributed by atoms with van der Waals surface area (Å²) in [4.78, 5) is 4.45. The van der Waals surface area contributed by atoms with Crippen LogP contribution >= 0.6 is 27.3 Å². The van der Waals surface area contributed by atoms with Crippen LogP contribution in [0.3, 0.4) is 0 Å². The Morgan fingerprint density at radius 2 is 2.06 bits per heavy atom. The van der Waals surface area contributed by atoms with Gasteiger partial charge in [0.25, 0.3) is 0 Å². The van der Waals surface area contributed by atoms with Crippen molar-refractivity contribution in [2.75, 3.05) is 0 Å². The number of aryl methyl sites for hydroxylation is 1. The highest BCUT2D eigenvalue weighted by Crippen LogP contribution is 2.18. The number of rotatable bonds is 4. The maximum Gasteiger partial charge on any atom is 0.131 e. The lowest BCUT2D eigenvalue weighted by Crippen LogP contribution is -1.95. The Labute approximate surface area is 107 Å². The molecular formula is C12H12BrNOS. The third-order valence-corrected chi connectivity index (χ3v) is 3.67. The van der Waals surface area contributed by atoms with Crippen molar-refractivity contribution >= 4 is 27.3 Å². The molecule has 0 fully saturated rings. The first-order chi connectivity index (χ1) is 7.78. The summed E-state index contributed by atoms with van der Waals surface area (Å²) in [5.74, 6) is 0.870. The average Bonchev–Trinajstić information content (AvgIpc) is 2.76. The van der Waals surface area contributed by atoms with Crippen LogP contribution in [0.4, 0.5) is 0 Å². The van der Waals surface area contributed by atoms with E-state index < -0.39 is 0 Å². The molecule has 0 aliphatic carbocycles. The van der Waals surface area contributed by atoms with E-state index in [2.05, 4.69) is 33.2 Å². The SMILES string of the molecule is CCc1nc(COc2ccc(Br)cc2)cs1. The summed E-state index contributed by atoms with van der Waals surface area (Å²) >= 11 is 5.08. The van der Waals surface area contributed by atoms with Crippen LogP contribution in [0, 0.1) is 0 Å². The van der Waals surface area contributed by atoms with Gasteiger partial charge in [0, 0.05) is 9.85 Å². The first kappa shape index (κ1) is 11.6. The van der Waals surface area contributed by atoms with Crippen molar-refractivity contribution in [1.82, 2.24) is 4.98 Å². The highest BCUT2D eigenvalue weighted by Gasteiger charge is 2.01. The fourth-order valence-electron chi connectivity index (χ4n) is 1.27. The molecule has 16 heavy (non-hydrogen) atoms. The number of halogens is 1. The lowest BCUT2D eigenvalue weighted by atomic mass is 10.3. The maximum absolute atomic E-state index is 5.63. The smallest absolute Gasteiger partial charge is 0.131 e. The summed E-state index contributed by atoms with van der Waals surface area (Å²) in [5, 5.41) is 3.21. The van der Waals surface area contributed by atoms with Crippen LogP contribution in [0.25, 0.3) is 0 Å². The molecule has 0 aliphatic heterocycles. The van der Waals surface area contributed by atoms with Gasteiger partial charge >= 0.3 is 0 Å². The lowest BCUT2D eigenvalue weighted by molar-refractivity contribution is 0.302. The number of nitrogens with zero attached hydrogens (tertiary/aromatic N) is 1. The summed E-state index contributed by atoms with van der Waals surface area (Å²) in [6, 6.07) is 7.82. The number of aromatic nitrogens is 1. The number of hydrogen-bond acceptors (Lipinski definition) is 3. The normalized spacial score (nSPS) is 10.4. The van der Waals surface area contributed by atoms with Crippen LogP contribution in [-0.2, 0) is 13.0 Å². The number of hydrogen-bond donors (Lipinski definition) is 0. The van der Waals surface area contributed by atoms with E-state index in [1.165, 1.54) is 0 Å². The van der Waals surface area contributed by atoms with Crippen molar-refractivity contribution in [2.24, 2.45) is 0 Å². The Hall–Kier alpha value is -0.870. The van der Waals surface area contributed by atoms with Crippen molar-refractivity contribution in [1.29, 1.82) is 0 Å². The molecule has 0 aliphatic rings. The minimum atomic E-state index is 0.540. The van der Waals surface area contributed by atoms with Gasteiger partial charge in [0.1, 0.15) is 12.4 Å². The van der Waals surface area contributed by atoms with E-state index in [4.69, 9.17) is 4.74 Å². The van der Waals surface area contributed by atoms with Gasteiger partial charge in [-0.2, -0.15) is 0 Å². The van der Waals surface area contributed by atoms with Gasteiger partial charge < -0.3 is 4.74 Å². The van der Waals surface area contributed by atoms with Crippen LogP contribution in [0.15, 0.2) is 34.1 Å². The third-order valence-electron chi connectivity index (χ3n) is 2.10. The van der Waals surface area contributed by atoms with Gasteiger partial charge in [-0.3, -0.25) is 0 Å². The third kappa shape index (κ3) is 3.06. The molecule has 0 bridgehead atoms. The largest absolute Gasteiger partial charge is 0.487 e. The van der Waals surface area contributed by atoms with Crippen molar-refractivity contribution in [3.05, 3.63) is 44.8 Å². The van der Waals surface area contributed by atoms with Crippen molar-refractivity contribution < 1.29 is 4.74 Å². The molecule has 0 spiro atoms. The van der Waals surface area contributed by atoms with E-state index in [9.17, 15) is 0 Å². The molecule has 0 saturated carbocycles. The van der Waals surface area contributed by atoms with Gasteiger partial charge in [-0.1, -0.05) is 22.9 Å². The van der Waals surface area contributed by atoms with Gasteiger partial charge in [0.05, 0.1) is 10.7 Å². The fraction of sp³-hybridized carbons (Fsp3) is 0.250. The van der Waals surface area contributed by atoms with Crippen molar-refractivity contribution in [2.45, 2.75) is 20.0 Å². The number of benzene rings is 1. The fourth-order valence-corrected chi connectivity index (χ4v) is 2.26. The predicted molar refractivity (Wildman–Crippen MR) is 70.0 cm³/mol. The standard InChI is InChI=1S/C12H12BrNOS/c1-2-12-14-10(8-16-12)7-15-11-5-3-9(13)4-6-11/h3-6,8H,2,7H2,1H3. The number of ether oxygens (including phenoxy) is 1. The quantitative estimate of drug-likeness (QED) is 0.849. The summed E-state index contributed by atoms with van der Waals surface area (Å²) < 4.78 is 6.69. The molecule has 2 aromatic rings. The molecular weight excluding hydrogens is 286 g/mol. The topological polar surface area (TPSA) is 22.1 Å². The van der Waals surface area contributed by atoms with E-state index >= 15 is 0 Å². The van der Waals surface area contributed by atoms with Gasteiger partial charge in [0.15, 0.2) is 0 Å². The summed E-state index contributed by atoms with van der Waals surface area (Å²) in [6.07, 6.45) is 0.989. The minimum Gasteiger partial charge on any atom is -0.487 e. The molecule has 2 rings (SSSR count). The first-order valence-corrected chi connectivity index (χ1v) is 6.77. The second-order valence-electron chi connectivity index (χ2n) is 3.33. The lowest BCUT2D eigenvalue weighted by Gasteiger charge is -2.03. The van der Waals surface area contributed by atoms with Crippen LogP contribution in [0.2, 0.25) is 0 Å². The van der Waals surface area contributed by atoms with E-state index in [-0.39, 0.29) is 0 Å². The Morgan fingerprint density at radius 1 is 1.31 bits per heavy atom. The van der Waals surface area contributed by atoms with Gasteiger partial charge in [0.2, 0.25) is 0 Å². The van der Waals surface area contributed by atoms with E-state index in [1.54, 1.807) is 11.3 Å². The van der Waals surface area contributed by atoms with Crippen LogP contribution in [0.5, 0.6) is 5.75 Å². The zero-order valence-corrected chi connectivity index (χ0v) is 11.3. The predicted octanol–water partition coefficient (Wildman–Crippen LogP) is 4.05.